The van der Waals surface area contributed by atoms with E-state index in [1.807, 2.05) is 29.2 Å². The standard InChI is InChI=1S/C19H21N3O2/c23-12-11-21-7-9-22(10-8-21)19(24)18-13-16-15-4-2-1-3-14(15)5-6-17(16)20-18/h1-6,13,20,23H,7-12H2. The van der Waals surface area contributed by atoms with Crippen molar-refractivity contribution in [2.45, 2.75) is 0 Å². The van der Waals surface area contributed by atoms with E-state index in [-0.39, 0.29) is 12.5 Å². The number of amides is 1. The lowest BCUT2D eigenvalue weighted by molar-refractivity contribution is 0.0610. The minimum atomic E-state index is 0.0546. The topological polar surface area (TPSA) is 59.6 Å². The number of aliphatic hydroxyl groups excluding tert-OH is 1. The van der Waals surface area contributed by atoms with Gasteiger partial charge < -0.3 is 15.0 Å². The van der Waals surface area contributed by atoms with Gasteiger partial charge in [0.1, 0.15) is 5.69 Å². The summed E-state index contributed by atoms with van der Waals surface area (Å²) >= 11 is 0. The average molecular weight is 323 g/mol. The maximum atomic E-state index is 12.8. The molecule has 1 aliphatic rings. The molecule has 0 spiro atoms. The van der Waals surface area contributed by atoms with Crippen LogP contribution in [0.5, 0.6) is 0 Å². The molecule has 5 nitrogen and oxygen atoms in total. The summed E-state index contributed by atoms with van der Waals surface area (Å²) in [5.74, 6) is 0.0546. The Morgan fingerprint density at radius 1 is 1.04 bits per heavy atom. The summed E-state index contributed by atoms with van der Waals surface area (Å²) in [5, 5.41) is 12.5. The van der Waals surface area contributed by atoms with Gasteiger partial charge in [0.05, 0.1) is 6.61 Å². The van der Waals surface area contributed by atoms with E-state index in [1.54, 1.807) is 0 Å². The van der Waals surface area contributed by atoms with Crippen molar-refractivity contribution in [1.29, 1.82) is 0 Å². The van der Waals surface area contributed by atoms with Crippen molar-refractivity contribution in [1.82, 2.24) is 14.8 Å². The van der Waals surface area contributed by atoms with Crippen LogP contribution in [0.3, 0.4) is 0 Å². The van der Waals surface area contributed by atoms with Crippen LogP contribution in [0.1, 0.15) is 10.5 Å². The zero-order valence-electron chi connectivity index (χ0n) is 13.5. The molecule has 0 unspecified atom stereocenters. The van der Waals surface area contributed by atoms with Crippen LogP contribution in [0.4, 0.5) is 0 Å². The molecule has 124 valence electrons. The molecule has 5 heteroatoms. The molecule has 1 fully saturated rings. The van der Waals surface area contributed by atoms with Gasteiger partial charge in [0, 0.05) is 43.6 Å². The Kier molecular flexibility index (Phi) is 3.96. The number of β-amino-alcohol motifs (C(OH)–C–C–N with tert-alkyl or cyclic N) is 1. The molecule has 1 aromatic heterocycles. The van der Waals surface area contributed by atoms with Gasteiger partial charge in [0.2, 0.25) is 0 Å². The SMILES string of the molecule is O=C(c1cc2c(ccc3ccccc32)[nH]1)N1CCN(CCO)CC1. The van der Waals surface area contributed by atoms with E-state index in [2.05, 4.69) is 28.1 Å². The lowest BCUT2D eigenvalue weighted by atomic mass is 10.1. The number of nitrogens with zero attached hydrogens (tertiary/aromatic N) is 2. The van der Waals surface area contributed by atoms with E-state index >= 15 is 0 Å². The first kappa shape index (κ1) is 15.2. The normalized spacial score (nSPS) is 16.1. The van der Waals surface area contributed by atoms with Crippen molar-refractivity contribution in [2.75, 3.05) is 39.3 Å². The highest BCUT2D eigenvalue weighted by atomic mass is 16.3. The van der Waals surface area contributed by atoms with Crippen LogP contribution in [0.15, 0.2) is 42.5 Å². The number of carbonyl (C=O) groups is 1. The number of benzene rings is 2. The number of aromatic amines is 1. The third kappa shape index (κ3) is 2.66. The summed E-state index contributed by atoms with van der Waals surface area (Å²) in [6.45, 7) is 3.89. The number of aliphatic hydroxyl groups is 1. The van der Waals surface area contributed by atoms with Crippen LogP contribution < -0.4 is 0 Å². The highest BCUT2D eigenvalue weighted by Gasteiger charge is 2.23. The van der Waals surface area contributed by atoms with Crippen LogP contribution >= 0.6 is 0 Å². The van der Waals surface area contributed by atoms with Gasteiger partial charge in [0.15, 0.2) is 0 Å². The van der Waals surface area contributed by atoms with Gasteiger partial charge in [-0.3, -0.25) is 9.69 Å². The first-order chi connectivity index (χ1) is 11.8. The molecule has 24 heavy (non-hydrogen) atoms. The molecule has 3 aromatic rings. The van der Waals surface area contributed by atoms with Gasteiger partial charge in [-0.05, 0) is 22.9 Å². The van der Waals surface area contributed by atoms with E-state index in [0.717, 1.165) is 29.4 Å². The molecule has 1 saturated heterocycles. The van der Waals surface area contributed by atoms with Crippen molar-refractivity contribution < 1.29 is 9.90 Å². The number of nitrogens with one attached hydrogen (secondary N) is 1. The molecule has 0 atom stereocenters. The Balaban J connectivity index is 1.60. The molecule has 0 bridgehead atoms. The fourth-order valence-corrected chi connectivity index (χ4v) is 3.49. The van der Waals surface area contributed by atoms with E-state index in [4.69, 9.17) is 5.11 Å². The quantitative estimate of drug-likeness (QED) is 0.776. The van der Waals surface area contributed by atoms with Crippen molar-refractivity contribution in [2.24, 2.45) is 0 Å². The lowest BCUT2D eigenvalue weighted by Gasteiger charge is -2.34. The number of H-pyrrole nitrogens is 1. The molecule has 1 amide bonds. The second-order valence-electron chi connectivity index (χ2n) is 6.29. The predicted octanol–water partition coefficient (Wildman–Crippen LogP) is 2.07. The molecule has 0 radical (unpaired) electrons. The molecule has 2 heterocycles. The maximum Gasteiger partial charge on any atom is 0.270 e. The second-order valence-corrected chi connectivity index (χ2v) is 6.29. The number of piperazine rings is 1. The zero-order valence-corrected chi connectivity index (χ0v) is 13.5. The largest absolute Gasteiger partial charge is 0.395 e. The number of carbonyl (C=O) groups excluding carboxylic acids is 1. The fraction of sp³-hybridized carbons (Fsp3) is 0.316. The minimum Gasteiger partial charge on any atom is -0.395 e. The summed E-state index contributed by atoms with van der Waals surface area (Å²) in [7, 11) is 0. The van der Waals surface area contributed by atoms with E-state index in [9.17, 15) is 4.79 Å². The van der Waals surface area contributed by atoms with E-state index < -0.39 is 0 Å². The summed E-state index contributed by atoms with van der Waals surface area (Å²) in [6, 6.07) is 14.3. The molecular formula is C19H21N3O2. The van der Waals surface area contributed by atoms with Gasteiger partial charge in [-0.25, -0.2) is 0 Å². The molecule has 4 rings (SSSR count). The molecule has 0 aliphatic carbocycles. The Hall–Kier alpha value is -2.37. The molecule has 1 aliphatic heterocycles. The molecule has 2 N–H and O–H groups in total. The summed E-state index contributed by atoms with van der Waals surface area (Å²) < 4.78 is 0. The van der Waals surface area contributed by atoms with Crippen molar-refractivity contribution >= 4 is 27.6 Å². The van der Waals surface area contributed by atoms with Crippen LogP contribution in [-0.2, 0) is 0 Å². The highest BCUT2D eigenvalue weighted by Crippen LogP contribution is 2.26. The molecule has 0 saturated carbocycles. The first-order valence-electron chi connectivity index (χ1n) is 8.39. The Morgan fingerprint density at radius 2 is 1.83 bits per heavy atom. The van der Waals surface area contributed by atoms with Crippen molar-refractivity contribution in [3.8, 4) is 0 Å². The lowest BCUT2D eigenvalue weighted by Crippen LogP contribution is -2.49. The van der Waals surface area contributed by atoms with Crippen LogP contribution in [0.2, 0.25) is 0 Å². The molecular weight excluding hydrogens is 302 g/mol. The first-order valence-corrected chi connectivity index (χ1v) is 8.39. The summed E-state index contributed by atoms with van der Waals surface area (Å²) in [5.41, 5.74) is 1.65. The number of aromatic nitrogens is 1. The number of rotatable bonds is 3. The van der Waals surface area contributed by atoms with Gasteiger partial charge in [-0.2, -0.15) is 0 Å². The third-order valence-corrected chi connectivity index (χ3v) is 4.83. The van der Waals surface area contributed by atoms with Crippen molar-refractivity contribution in [3.63, 3.8) is 0 Å². The smallest absolute Gasteiger partial charge is 0.270 e. The monoisotopic (exact) mass is 323 g/mol. The second kappa shape index (κ2) is 6.26. The third-order valence-electron chi connectivity index (χ3n) is 4.83. The summed E-state index contributed by atoms with van der Waals surface area (Å²) in [4.78, 5) is 20.1. The van der Waals surface area contributed by atoms with Crippen LogP contribution in [0, 0.1) is 0 Å². The minimum absolute atomic E-state index is 0.0546. The predicted molar refractivity (Wildman–Crippen MR) is 95.2 cm³/mol. The Labute approximate surface area is 140 Å². The van der Waals surface area contributed by atoms with Crippen molar-refractivity contribution in [3.05, 3.63) is 48.2 Å². The van der Waals surface area contributed by atoms with Gasteiger partial charge in [0.25, 0.3) is 5.91 Å². The highest BCUT2D eigenvalue weighted by molar-refractivity contribution is 6.09. The van der Waals surface area contributed by atoms with E-state index in [1.165, 1.54) is 5.39 Å². The number of hydrogen-bond donors (Lipinski definition) is 2. The van der Waals surface area contributed by atoms with Crippen LogP contribution in [0.25, 0.3) is 21.7 Å². The average Bonchev–Trinajstić information content (AvgIpc) is 3.07. The number of fused-ring (bicyclic) bond motifs is 3. The van der Waals surface area contributed by atoms with Gasteiger partial charge in [-0.1, -0.05) is 30.3 Å². The van der Waals surface area contributed by atoms with Gasteiger partial charge in [-0.15, -0.1) is 0 Å². The maximum absolute atomic E-state index is 12.8. The number of hydrogen-bond acceptors (Lipinski definition) is 3. The Bertz CT molecular complexity index is 879. The van der Waals surface area contributed by atoms with Gasteiger partial charge >= 0.3 is 0 Å². The Morgan fingerprint density at radius 3 is 2.62 bits per heavy atom. The summed E-state index contributed by atoms with van der Waals surface area (Å²) in [6.07, 6.45) is 0. The van der Waals surface area contributed by atoms with Crippen LogP contribution in [-0.4, -0.2) is 65.1 Å². The zero-order chi connectivity index (χ0) is 16.5. The fourth-order valence-electron chi connectivity index (χ4n) is 3.49. The molecule has 2 aromatic carbocycles. The van der Waals surface area contributed by atoms with E-state index in [0.29, 0.717) is 25.3 Å².